The molecule has 8 atom stereocenters. The van der Waals surface area contributed by atoms with E-state index in [1.807, 2.05) is 6.92 Å². The van der Waals surface area contributed by atoms with Gasteiger partial charge in [-0.2, -0.15) is 0 Å². The molecule has 3 aliphatic heterocycles. The van der Waals surface area contributed by atoms with Gasteiger partial charge >= 0.3 is 0 Å². The average Bonchev–Trinajstić information content (AvgIpc) is 2.77. The van der Waals surface area contributed by atoms with Crippen molar-refractivity contribution >= 4 is 12.4 Å². The predicted octanol–water partition coefficient (Wildman–Crippen LogP) is 2.40. The number of ether oxygens (including phenoxy) is 3. The van der Waals surface area contributed by atoms with Crippen molar-refractivity contribution in [2.24, 2.45) is 33.6 Å². The minimum Gasteiger partial charge on any atom is -0.451 e. The fourth-order valence-corrected chi connectivity index (χ4v) is 6.63. The quantitative estimate of drug-likeness (QED) is 0.441. The second-order valence-corrected chi connectivity index (χ2v) is 8.55. The Labute approximate surface area is 146 Å². The summed E-state index contributed by atoms with van der Waals surface area (Å²) in [7, 11) is 0. The van der Waals surface area contributed by atoms with Gasteiger partial charge in [0.25, 0.3) is 6.47 Å². The summed E-state index contributed by atoms with van der Waals surface area (Å²) in [6, 6.07) is 0. The summed E-state index contributed by atoms with van der Waals surface area (Å²) >= 11 is 0. The SMILES string of the molecule is C[C@@H]1CCC23C4OOC5(C)CCC41C2C(O/C(=N\COC=O)[C@@H]3C)O5. The summed E-state index contributed by atoms with van der Waals surface area (Å²) in [5, 5.41) is 0. The molecule has 0 amide bonds. The Balaban J connectivity index is 1.60. The molecule has 6 aliphatic rings. The zero-order valence-corrected chi connectivity index (χ0v) is 14.9. The molecule has 6 fully saturated rings. The van der Waals surface area contributed by atoms with Gasteiger partial charge in [0, 0.05) is 29.1 Å². The number of rotatable bonds is 3. The Kier molecular flexibility index (Phi) is 3.18. The van der Waals surface area contributed by atoms with E-state index < -0.39 is 5.79 Å². The maximum absolute atomic E-state index is 10.4. The van der Waals surface area contributed by atoms with Gasteiger partial charge < -0.3 is 14.2 Å². The molecule has 6 unspecified atom stereocenters. The second-order valence-electron chi connectivity index (χ2n) is 8.55. The summed E-state index contributed by atoms with van der Waals surface area (Å²) < 4.78 is 17.3. The van der Waals surface area contributed by atoms with Crippen LogP contribution in [-0.2, 0) is 28.8 Å². The van der Waals surface area contributed by atoms with E-state index in [0.717, 1.165) is 19.3 Å². The van der Waals surface area contributed by atoms with Crippen molar-refractivity contribution in [1.29, 1.82) is 0 Å². The van der Waals surface area contributed by atoms with Crippen molar-refractivity contribution in [2.75, 3.05) is 6.73 Å². The van der Waals surface area contributed by atoms with Gasteiger partial charge in [0.15, 0.2) is 12.6 Å². The van der Waals surface area contributed by atoms with E-state index in [2.05, 4.69) is 18.8 Å². The zero-order valence-electron chi connectivity index (χ0n) is 14.9. The van der Waals surface area contributed by atoms with Gasteiger partial charge in [0.05, 0.1) is 0 Å². The summed E-state index contributed by atoms with van der Waals surface area (Å²) in [6.45, 7) is 6.76. The highest BCUT2D eigenvalue weighted by atomic mass is 17.2. The summed E-state index contributed by atoms with van der Waals surface area (Å²) in [5.74, 6) is 0.726. The van der Waals surface area contributed by atoms with Gasteiger partial charge in [0.1, 0.15) is 6.10 Å². The molecule has 0 N–H and O–H groups in total. The standard InChI is InChI=1S/C18H25NO6/c1-10-4-5-18-11(2)13(19-8-21-9-20)22-14-12(18)17(10)7-6-16(3,23-14)25-24-15(17)18/h9-12,14-15H,4-8H2,1-3H3/b19-13-/t10-,11+,12?,14?,15?,16?,17?,18?/m1/s1. The van der Waals surface area contributed by atoms with Gasteiger partial charge in [-0.05, 0) is 32.1 Å². The first-order valence-corrected chi connectivity index (χ1v) is 9.26. The molecular weight excluding hydrogens is 326 g/mol. The van der Waals surface area contributed by atoms with Crippen molar-refractivity contribution in [1.82, 2.24) is 0 Å². The molecule has 3 aliphatic carbocycles. The van der Waals surface area contributed by atoms with Crippen LogP contribution in [0.3, 0.4) is 0 Å². The first-order chi connectivity index (χ1) is 12.0. The minimum atomic E-state index is -0.791. The number of hydrogen-bond donors (Lipinski definition) is 0. The zero-order chi connectivity index (χ0) is 17.4. The van der Waals surface area contributed by atoms with Crippen LogP contribution >= 0.6 is 0 Å². The average molecular weight is 351 g/mol. The van der Waals surface area contributed by atoms with Crippen LogP contribution in [0.1, 0.15) is 46.5 Å². The number of hydrogen-bond acceptors (Lipinski definition) is 7. The van der Waals surface area contributed by atoms with E-state index >= 15 is 0 Å². The second kappa shape index (κ2) is 4.96. The molecule has 3 heterocycles. The van der Waals surface area contributed by atoms with Crippen molar-refractivity contribution in [3.05, 3.63) is 0 Å². The fraction of sp³-hybridized carbons (Fsp3) is 0.889. The van der Waals surface area contributed by atoms with Gasteiger partial charge in [-0.15, -0.1) is 0 Å². The molecule has 0 radical (unpaired) electrons. The number of nitrogens with zero attached hydrogens (tertiary/aromatic N) is 1. The minimum absolute atomic E-state index is 0.0303. The lowest BCUT2D eigenvalue weighted by atomic mass is 9.31. The van der Waals surface area contributed by atoms with Gasteiger partial charge in [0.2, 0.25) is 12.1 Å². The maximum Gasteiger partial charge on any atom is 0.294 e. The van der Waals surface area contributed by atoms with Crippen molar-refractivity contribution in [2.45, 2.75) is 64.6 Å². The topological polar surface area (TPSA) is 75.6 Å². The molecule has 7 nitrogen and oxygen atoms in total. The predicted molar refractivity (Wildman–Crippen MR) is 84.9 cm³/mol. The van der Waals surface area contributed by atoms with Crippen LogP contribution in [0.5, 0.6) is 0 Å². The van der Waals surface area contributed by atoms with E-state index in [1.54, 1.807) is 0 Å². The van der Waals surface area contributed by atoms with Gasteiger partial charge in [-0.1, -0.05) is 13.8 Å². The Bertz CT molecular complexity index is 639. The van der Waals surface area contributed by atoms with Crippen LogP contribution in [0.25, 0.3) is 0 Å². The number of carbonyl (C=O) groups is 1. The Morgan fingerprint density at radius 3 is 2.92 bits per heavy atom. The molecule has 0 aromatic carbocycles. The normalized spacial score (nSPS) is 57.1. The Morgan fingerprint density at radius 1 is 1.28 bits per heavy atom. The molecular formula is C18H25NO6. The van der Waals surface area contributed by atoms with Crippen LogP contribution in [0.15, 0.2) is 4.99 Å². The van der Waals surface area contributed by atoms with E-state index in [-0.39, 0.29) is 35.9 Å². The summed E-state index contributed by atoms with van der Waals surface area (Å²) in [5.41, 5.74) is -0.0304. The molecule has 138 valence electrons. The molecule has 6 rings (SSSR count). The monoisotopic (exact) mass is 351 g/mol. The smallest absolute Gasteiger partial charge is 0.294 e. The molecule has 2 spiro atoms. The van der Waals surface area contributed by atoms with Gasteiger partial charge in [-0.25, -0.2) is 14.8 Å². The van der Waals surface area contributed by atoms with Crippen molar-refractivity contribution < 1.29 is 28.8 Å². The van der Waals surface area contributed by atoms with E-state index in [0.29, 0.717) is 24.2 Å². The summed E-state index contributed by atoms with van der Waals surface area (Å²) in [6.07, 6.45) is 3.70. The molecule has 3 saturated carbocycles. The third-order valence-corrected chi connectivity index (χ3v) is 7.81. The molecule has 25 heavy (non-hydrogen) atoms. The van der Waals surface area contributed by atoms with Crippen LogP contribution in [0.4, 0.5) is 0 Å². The molecule has 3 bridgehead atoms. The molecule has 0 aromatic rings. The highest BCUT2D eigenvalue weighted by molar-refractivity contribution is 5.81. The fourth-order valence-electron chi connectivity index (χ4n) is 6.63. The largest absolute Gasteiger partial charge is 0.451 e. The van der Waals surface area contributed by atoms with Gasteiger partial charge in [-0.3, -0.25) is 4.79 Å². The Morgan fingerprint density at radius 2 is 2.12 bits per heavy atom. The Hall–Kier alpha value is -1.18. The molecule has 3 saturated heterocycles. The van der Waals surface area contributed by atoms with Crippen LogP contribution in [0, 0.1) is 28.6 Å². The number of fused-ring (bicyclic) bond motifs is 4. The highest BCUT2D eigenvalue weighted by Crippen LogP contribution is 2.79. The van der Waals surface area contributed by atoms with E-state index in [1.165, 1.54) is 6.42 Å². The van der Waals surface area contributed by atoms with Crippen LogP contribution < -0.4 is 0 Å². The van der Waals surface area contributed by atoms with Crippen LogP contribution in [0.2, 0.25) is 0 Å². The lowest BCUT2D eigenvalue weighted by Gasteiger charge is -2.76. The third kappa shape index (κ3) is 1.72. The maximum atomic E-state index is 10.4. The third-order valence-electron chi connectivity index (χ3n) is 7.81. The first kappa shape index (κ1) is 16.0. The van der Waals surface area contributed by atoms with E-state index in [4.69, 9.17) is 24.0 Å². The van der Waals surface area contributed by atoms with Crippen LogP contribution in [-0.4, -0.2) is 37.3 Å². The van der Waals surface area contributed by atoms with E-state index in [9.17, 15) is 4.79 Å². The lowest BCUT2D eigenvalue weighted by Crippen LogP contribution is -2.81. The lowest BCUT2D eigenvalue weighted by molar-refractivity contribution is -0.540. The highest BCUT2D eigenvalue weighted by Gasteiger charge is 2.83. The molecule has 7 heteroatoms. The molecule has 0 aromatic heterocycles. The number of carbonyl (C=O) groups excluding carboxylic acids is 1. The van der Waals surface area contributed by atoms with Crippen molar-refractivity contribution in [3.8, 4) is 0 Å². The summed E-state index contributed by atoms with van der Waals surface area (Å²) in [4.78, 5) is 26.7. The number of aliphatic imine (C=N–C) groups is 1. The first-order valence-electron chi connectivity index (χ1n) is 9.26. The van der Waals surface area contributed by atoms with Crippen molar-refractivity contribution in [3.63, 3.8) is 0 Å².